The van der Waals surface area contributed by atoms with Crippen LogP contribution in [0.4, 0.5) is 4.79 Å². The molecule has 8 heteroatoms. The molecule has 1 aliphatic rings. The number of hydrogen-bond acceptors (Lipinski definition) is 5. The summed E-state index contributed by atoms with van der Waals surface area (Å²) in [7, 11) is 0. The molecule has 1 aliphatic heterocycles. The Morgan fingerprint density at radius 2 is 2.12 bits per heavy atom. The fourth-order valence-electron chi connectivity index (χ4n) is 3.06. The lowest BCUT2D eigenvalue weighted by Gasteiger charge is -2.34. The SMILES string of the molecule is CC(C)C[C@H](NC(=O)O)[C@@]1(Cc2cc(Cl)ccn2)OC(C)(C)OC1=O. The number of esters is 1. The molecule has 0 radical (unpaired) electrons. The molecule has 2 rings (SSSR count). The third kappa shape index (κ3) is 4.61. The van der Waals surface area contributed by atoms with E-state index >= 15 is 0 Å². The first-order valence-electron chi connectivity index (χ1n) is 8.07. The van der Waals surface area contributed by atoms with Crippen LogP contribution in [-0.4, -0.2) is 39.6 Å². The minimum absolute atomic E-state index is 0.0491. The van der Waals surface area contributed by atoms with Crippen LogP contribution in [0.5, 0.6) is 0 Å². The number of aromatic nitrogens is 1. The van der Waals surface area contributed by atoms with Crippen molar-refractivity contribution in [1.29, 1.82) is 0 Å². The monoisotopic (exact) mass is 370 g/mol. The van der Waals surface area contributed by atoms with Gasteiger partial charge in [-0.1, -0.05) is 25.4 Å². The maximum atomic E-state index is 12.8. The number of carbonyl (C=O) groups excluding carboxylic acids is 1. The summed E-state index contributed by atoms with van der Waals surface area (Å²) in [5.74, 6) is -1.65. The third-order valence-electron chi connectivity index (χ3n) is 3.90. The number of carboxylic acid groups (broad SMARTS) is 1. The highest BCUT2D eigenvalue weighted by Crippen LogP contribution is 2.39. The van der Waals surface area contributed by atoms with Crippen LogP contribution in [0.3, 0.4) is 0 Å². The van der Waals surface area contributed by atoms with E-state index in [-0.39, 0.29) is 12.3 Å². The standard InChI is InChI=1S/C17H23ClN2O5/c1-10(2)7-13(20-15(22)23)17(14(21)24-16(3,4)25-17)9-12-8-11(18)5-6-19-12/h5-6,8,10,13,20H,7,9H2,1-4H3,(H,22,23)/t13-,17+/m0/s1. The van der Waals surface area contributed by atoms with Crippen molar-refractivity contribution in [1.82, 2.24) is 10.3 Å². The molecular formula is C17H23ClN2O5. The van der Waals surface area contributed by atoms with Gasteiger partial charge in [-0.05, 0) is 24.5 Å². The number of carbonyl (C=O) groups is 2. The van der Waals surface area contributed by atoms with Crippen molar-refractivity contribution in [2.45, 2.75) is 58.0 Å². The highest BCUT2D eigenvalue weighted by molar-refractivity contribution is 6.30. The molecule has 2 heterocycles. The van der Waals surface area contributed by atoms with Crippen LogP contribution < -0.4 is 5.32 Å². The number of nitrogens with zero attached hydrogens (tertiary/aromatic N) is 1. The van der Waals surface area contributed by atoms with Crippen molar-refractivity contribution in [3.8, 4) is 0 Å². The second kappa shape index (κ2) is 7.17. The van der Waals surface area contributed by atoms with Gasteiger partial charge in [0.2, 0.25) is 5.79 Å². The van der Waals surface area contributed by atoms with Crippen LogP contribution in [0.15, 0.2) is 18.3 Å². The molecule has 0 saturated carbocycles. The Hall–Kier alpha value is -1.86. The first-order valence-corrected chi connectivity index (χ1v) is 8.45. The van der Waals surface area contributed by atoms with Gasteiger partial charge in [0.1, 0.15) is 0 Å². The van der Waals surface area contributed by atoms with Gasteiger partial charge in [-0.25, -0.2) is 9.59 Å². The number of pyridine rings is 1. The topological polar surface area (TPSA) is 97.8 Å². The minimum atomic E-state index is -1.51. The molecular weight excluding hydrogens is 348 g/mol. The molecule has 1 aromatic heterocycles. The Morgan fingerprint density at radius 3 is 2.60 bits per heavy atom. The summed E-state index contributed by atoms with van der Waals surface area (Å²) in [6.07, 6.45) is 0.745. The zero-order valence-corrected chi connectivity index (χ0v) is 15.5. The molecule has 1 fully saturated rings. The molecule has 1 aromatic rings. The molecule has 25 heavy (non-hydrogen) atoms. The average Bonchev–Trinajstić information content (AvgIpc) is 2.67. The van der Waals surface area contributed by atoms with Crippen LogP contribution in [0.25, 0.3) is 0 Å². The van der Waals surface area contributed by atoms with Crippen molar-refractivity contribution in [2.24, 2.45) is 5.92 Å². The molecule has 138 valence electrons. The molecule has 2 N–H and O–H groups in total. The van der Waals surface area contributed by atoms with Gasteiger partial charge in [0.25, 0.3) is 0 Å². The van der Waals surface area contributed by atoms with Crippen LogP contribution in [0.2, 0.25) is 5.02 Å². The summed E-state index contributed by atoms with van der Waals surface area (Å²) in [4.78, 5) is 28.3. The molecule has 0 spiro atoms. The fourth-order valence-corrected chi connectivity index (χ4v) is 3.24. The fraction of sp³-hybridized carbons (Fsp3) is 0.588. The zero-order valence-electron chi connectivity index (χ0n) is 14.7. The largest absolute Gasteiger partial charge is 0.465 e. The van der Waals surface area contributed by atoms with E-state index in [0.29, 0.717) is 17.1 Å². The van der Waals surface area contributed by atoms with Crippen LogP contribution >= 0.6 is 11.6 Å². The summed E-state index contributed by atoms with van der Waals surface area (Å²) in [6, 6.07) is 2.45. The number of amides is 1. The van der Waals surface area contributed by atoms with Gasteiger partial charge < -0.3 is 19.9 Å². The highest BCUT2D eigenvalue weighted by atomic mass is 35.5. The summed E-state index contributed by atoms with van der Waals surface area (Å²) in [5.41, 5.74) is -0.993. The predicted octanol–water partition coefficient (Wildman–Crippen LogP) is 3.01. The highest BCUT2D eigenvalue weighted by Gasteiger charge is 2.59. The van der Waals surface area contributed by atoms with Gasteiger partial charge in [0, 0.05) is 37.2 Å². The van der Waals surface area contributed by atoms with Crippen molar-refractivity contribution in [3.05, 3.63) is 29.0 Å². The Labute approximate surface area is 151 Å². The molecule has 1 amide bonds. The van der Waals surface area contributed by atoms with E-state index in [1.54, 1.807) is 26.0 Å². The van der Waals surface area contributed by atoms with Gasteiger partial charge in [-0.15, -0.1) is 0 Å². The minimum Gasteiger partial charge on any atom is -0.465 e. The van der Waals surface area contributed by atoms with Crippen LogP contribution in [0, 0.1) is 5.92 Å². The first kappa shape index (κ1) is 19.5. The maximum Gasteiger partial charge on any atom is 0.404 e. The third-order valence-corrected chi connectivity index (χ3v) is 4.14. The Balaban J connectivity index is 2.47. The van der Waals surface area contributed by atoms with Gasteiger partial charge in [0.15, 0.2) is 5.60 Å². The summed E-state index contributed by atoms with van der Waals surface area (Å²) >= 11 is 6.01. The number of cyclic esters (lactones) is 1. The molecule has 0 bridgehead atoms. The molecule has 0 unspecified atom stereocenters. The Morgan fingerprint density at radius 1 is 1.44 bits per heavy atom. The number of hydrogen-bond donors (Lipinski definition) is 2. The van der Waals surface area contributed by atoms with E-state index in [1.807, 2.05) is 13.8 Å². The van der Waals surface area contributed by atoms with Crippen LogP contribution in [0.1, 0.15) is 39.8 Å². The number of nitrogens with one attached hydrogen (secondary N) is 1. The van der Waals surface area contributed by atoms with E-state index in [9.17, 15) is 14.7 Å². The van der Waals surface area contributed by atoms with Gasteiger partial charge >= 0.3 is 12.1 Å². The smallest absolute Gasteiger partial charge is 0.404 e. The van der Waals surface area contributed by atoms with Crippen molar-refractivity contribution in [2.75, 3.05) is 0 Å². The van der Waals surface area contributed by atoms with Gasteiger partial charge in [-0.2, -0.15) is 0 Å². The van der Waals surface area contributed by atoms with Gasteiger partial charge in [-0.3, -0.25) is 4.98 Å². The average molecular weight is 371 g/mol. The van der Waals surface area contributed by atoms with E-state index < -0.39 is 29.5 Å². The Kier molecular flexibility index (Phi) is 5.58. The zero-order chi connectivity index (χ0) is 18.8. The second-order valence-electron chi connectivity index (χ2n) is 7.05. The number of ether oxygens (including phenoxy) is 2. The van der Waals surface area contributed by atoms with Crippen LogP contribution in [-0.2, 0) is 20.7 Å². The molecule has 7 nitrogen and oxygen atoms in total. The lowest BCUT2D eigenvalue weighted by atomic mass is 9.84. The number of halogens is 1. The first-order chi connectivity index (χ1) is 11.5. The lowest BCUT2D eigenvalue weighted by molar-refractivity contribution is -0.170. The van der Waals surface area contributed by atoms with E-state index in [4.69, 9.17) is 21.1 Å². The maximum absolute atomic E-state index is 12.8. The quantitative estimate of drug-likeness (QED) is 0.747. The normalized spacial score (nSPS) is 23.4. The number of rotatable bonds is 6. The van der Waals surface area contributed by atoms with Crippen molar-refractivity contribution in [3.63, 3.8) is 0 Å². The summed E-state index contributed by atoms with van der Waals surface area (Å²) in [5, 5.41) is 12.1. The van der Waals surface area contributed by atoms with Gasteiger partial charge in [0.05, 0.1) is 6.04 Å². The van der Waals surface area contributed by atoms with E-state index in [0.717, 1.165) is 0 Å². The predicted molar refractivity (Wildman–Crippen MR) is 91.3 cm³/mol. The summed E-state index contributed by atoms with van der Waals surface area (Å²) < 4.78 is 11.3. The molecule has 1 saturated heterocycles. The molecule has 2 atom stereocenters. The van der Waals surface area contributed by atoms with E-state index in [1.165, 1.54) is 6.20 Å². The Bertz CT molecular complexity index is 664. The summed E-state index contributed by atoms with van der Waals surface area (Å²) in [6.45, 7) is 7.11. The molecule has 0 aliphatic carbocycles. The van der Waals surface area contributed by atoms with E-state index in [2.05, 4.69) is 10.3 Å². The second-order valence-corrected chi connectivity index (χ2v) is 7.49. The van der Waals surface area contributed by atoms with Crippen molar-refractivity contribution >= 4 is 23.7 Å². The molecule has 0 aromatic carbocycles. The lowest BCUT2D eigenvalue weighted by Crippen LogP contribution is -2.58. The van der Waals surface area contributed by atoms with Crippen molar-refractivity contribution < 1.29 is 24.2 Å².